The highest BCUT2D eigenvalue weighted by Gasteiger charge is 2.34. The van der Waals surface area contributed by atoms with Gasteiger partial charge in [-0.15, -0.1) is 24.8 Å². The number of hydrogen-bond donors (Lipinski definition) is 1. The van der Waals surface area contributed by atoms with Gasteiger partial charge in [-0.2, -0.15) is 13.2 Å². The molecule has 1 aliphatic heterocycles. The van der Waals surface area contributed by atoms with Crippen LogP contribution in [0.5, 0.6) is 23.1 Å². The summed E-state index contributed by atoms with van der Waals surface area (Å²) in [6.45, 7) is 8.05. The zero-order chi connectivity index (χ0) is 31.4. The van der Waals surface area contributed by atoms with E-state index in [2.05, 4.69) is 27.1 Å². The molecule has 0 radical (unpaired) electrons. The second-order valence-corrected chi connectivity index (χ2v) is 10.5. The number of halogens is 5. The molecule has 14 heteroatoms. The summed E-state index contributed by atoms with van der Waals surface area (Å²) in [6, 6.07) is 12.1. The van der Waals surface area contributed by atoms with E-state index in [0.717, 1.165) is 31.3 Å². The molecule has 2 heterocycles. The van der Waals surface area contributed by atoms with Gasteiger partial charge in [-0.25, -0.2) is 9.97 Å². The van der Waals surface area contributed by atoms with Crippen molar-refractivity contribution in [1.82, 2.24) is 19.8 Å². The Morgan fingerprint density at radius 2 is 1.57 bits per heavy atom. The minimum absolute atomic E-state index is 0. The van der Waals surface area contributed by atoms with Crippen LogP contribution in [0.1, 0.15) is 34.0 Å². The number of nitrogens with zero attached hydrogens (tertiary/aromatic N) is 4. The molecule has 5 rings (SSSR count). The fraction of sp³-hybridized carbons (Fsp3) is 0.344. The third-order valence-electron chi connectivity index (χ3n) is 7.74. The van der Waals surface area contributed by atoms with Gasteiger partial charge in [0.15, 0.2) is 11.5 Å². The van der Waals surface area contributed by atoms with Gasteiger partial charge < -0.3 is 24.4 Å². The predicted octanol–water partition coefficient (Wildman–Crippen LogP) is 7.00. The molecule has 4 aromatic rings. The van der Waals surface area contributed by atoms with Gasteiger partial charge in [-0.3, -0.25) is 9.69 Å². The Morgan fingerprint density at radius 3 is 2.22 bits per heavy atom. The number of alkyl halides is 3. The highest BCUT2D eigenvalue weighted by molar-refractivity contribution is 6.04. The second-order valence-electron chi connectivity index (χ2n) is 10.5. The molecular weight excluding hydrogens is 646 g/mol. The smallest absolute Gasteiger partial charge is 0.416 e. The SMILES string of the molecule is CCN1CCN(Cc2ccc(NC(=O)c3ccc(C)c(Oc4ncnc5cc(OC)c(OC)cc45)c3)cc2C(F)(F)F)CC1.Cl.Cl. The van der Waals surface area contributed by atoms with E-state index in [1.165, 1.54) is 38.7 Å². The van der Waals surface area contributed by atoms with Crippen LogP contribution in [-0.4, -0.2) is 72.6 Å². The number of carbonyl (C=O) groups excluding carboxylic acids is 1. The minimum atomic E-state index is -4.57. The lowest BCUT2D eigenvalue weighted by Gasteiger charge is -2.34. The van der Waals surface area contributed by atoms with E-state index < -0.39 is 17.6 Å². The summed E-state index contributed by atoms with van der Waals surface area (Å²) >= 11 is 0. The van der Waals surface area contributed by atoms with Crippen LogP contribution in [0.2, 0.25) is 0 Å². The number of anilines is 1. The molecule has 0 aliphatic carbocycles. The molecule has 1 N–H and O–H groups in total. The first-order valence-electron chi connectivity index (χ1n) is 14.2. The van der Waals surface area contributed by atoms with Crippen LogP contribution in [-0.2, 0) is 12.7 Å². The number of amides is 1. The first kappa shape index (κ1) is 36.6. The molecule has 0 saturated carbocycles. The lowest BCUT2D eigenvalue weighted by molar-refractivity contribution is -0.138. The van der Waals surface area contributed by atoms with Crippen molar-refractivity contribution in [1.29, 1.82) is 0 Å². The third-order valence-corrected chi connectivity index (χ3v) is 7.74. The van der Waals surface area contributed by atoms with Crippen LogP contribution in [0, 0.1) is 6.92 Å². The maximum Gasteiger partial charge on any atom is 0.416 e. The summed E-state index contributed by atoms with van der Waals surface area (Å²) in [5, 5.41) is 3.17. The number of benzene rings is 3. The first-order chi connectivity index (χ1) is 21.1. The van der Waals surface area contributed by atoms with Crippen LogP contribution in [0.15, 0.2) is 54.9 Å². The number of aromatic nitrogens is 2. The number of carbonyl (C=O) groups is 1. The third kappa shape index (κ3) is 8.30. The molecule has 0 atom stereocenters. The monoisotopic (exact) mass is 681 g/mol. The average molecular weight is 683 g/mol. The highest BCUT2D eigenvalue weighted by atomic mass is 35.5. The summed E-state index contributed by atoms with van der Waals surface area (Å²) in [7, 11) is 3.04. The van der Waals surface area contributed by atoms with Crippen molar-refractivity contribution in [3.8, 4) is 23.1 Å². The van der Waals surface area contributed by atoms with Gasteiger partial charge in [0.25, 0.3) is 5.91 Å². The standard InChI is InChI=1S/C32H34F3N5O4.2ClH/c1-5-39-10-12-40(13-11-39)18-22-8-9-23(15-25(22)32(33,34)35)38-30(41)21-7-6-20(2)27(14-21)44-31-24-16-28(42-3)29(43-4)17-26(24)36-19-37-31;;/h6-9,14-17,19H,5,10-13,18H2,1-4H3,(H,38,41);2*1H. The Labute approximate surface area is 277 Å². The van der Waals surface area contributed by atoms with E-state index >= 15 is 0 Å². The van der Waals surface area contributed by atoms with Crippen molar-refractivity contribution in [2.24, 2.45) is 0 Å². The van der Waals surface area contributed by atoms with Gasteiger partial charge in [0.05, 0.1) is 30.7 Å². The van der Waals surface area contributed by atoms with Gasteiger partial charge in [0.1, 0.15) is 12.1 Å². The van der Waals surface area contributed by atoms with Crippen LogP contribution >= 0.6 is 24.8 Å². The van der Waals surface area contributed by atoms with Crippen molar-refractivity contribution < 1.29 is 32.2 Å². The Morgan fingerprint density at radius 1 is 0.891 bits per heavy atom. The van der Waals surface area contributed by atoms with Crippen molar-refractivity contribution in [2.45, 2.75) is 26.6 Å². The zero-order valence-corrected chi connectivity index (χ0v) is 27.4. The zero-order valence-electron chi connectivity index (χ0n) is 25.8. The maximum atomic E-state index is 14.1. The van der Waals surface area contributed by atoms with Crippen LogP contribution in [0.25, 0.3) is 10.9 Å². The largest absolute Gasteiger partial charge is 0.493 e. The van der Waals surface area contributed by atoms with Crippen molar-refractivity contribution in [3.05, 3.63) is 77.1 Å². The van der Waals surface area contributed by atoms with Gasteiger partial charge in [-0.05, 0) is 54.9 Å². The molecule has 3 aromatic carbocycles. The molecule has 1 saturated heterocycles. The normalized spacial score (nSPS) is 13.8. The van der Waals surface area contributed by atoms with E-state index in [4.69, 9.17) is 14.2 Å². The Balaban J connectivity index is 0.00000288. The summed E-state index contributed by atoms with van der Waals surface area (Å²) in [6.07, 6.45) is -3.22. The lowest BCUT2D eigenvalue weighted by atomic mass is 10.0. The lowest BCUT2D eigenvalue weighted by Crippen LogP contribution is -2.45. The molecule has 9 nitrogen and oxygen atoms in total. The predicted molar refractivity (Wildman–Crippen MR) is 175 cm³/mol. The van der Waals surface area contributed by atoms with Crippen molar-refractivity contribution in [3.63, 3.8) is 0 Å². The number of methoxy groups -OCH3 is 2. The summed E-state index contributed by atoms with van der Waals surface area (Å²) in [5.74, 6) is 0.967. The first-order valence-corrected chi connectivity index (χ1v) is 14.2. The Hall–Kier alpha value is -3.84. The number of aryl methyl sites for hydroxylation is 1. The summed E-state index contributed by atoms with van der Waals surface area (Å²) in [4.78, 5) is 26.0. The topological polar surface area (TPSA) is 89.1 Å². The molecule has 0 bridgehead atoms. The number of nitrogens with one attached hydrogen (secondary N) is 1. The molecule has 1 fully saturated rings. The number of rotatable bonds is 9. The molecule has 248 valence electrons. The Kier molecular flexibility index (Phi) is 12.4. The van der Waals surface area contributed by atoms with Crippen molar-refractivity contribution in [2.75, 3.05) is 52.3 Å². The van der Waals surface area contributed by atoms with Gasteiger partial charge in [-0.1, -0.05) is 19.1 Å². The fourth-order valence-electron chi connectivity index (χ4n) is 5.16. The van der Waals surface area contributed by atoms with Gasteiger partial charge in [0.2, 0.25) is 5.88 Å². The van der Waals surface area contributed by atoms with Crippen LogP contribution in [0.4, 0.5) is 18.9 Å². The molecule has 1 aromatic heterocycles. The average Bonchev–Trinajstić information content (AvgIpc) is 3.02. The number of likely N-dealkylation sites (N-methyl/N-ethyl adjacent to an activating group) is 1. The molecule has 1 aliphatic rings. The number of piperazine rings is 1. The van der Waals surface area contributed by atoms with E-state index in [-0.39, 0.29) is 54.1 Å². The maximum absolute atomic E-state index is 14.1. The van der Waals surface area contributed by atoms with Gasteiger partial charge in [0, 0.05) is 50.0 Å². The molecule has 1 amide bonds. The van der Waals surface area contributed by atoms with E-state index in [1.807, 2.05) is 4.90 Å². The quantitative estimate of drug-likeness (QED) is 0.202. The number of hydrogen-bond acceptors (Lipinski definition) is 8. The molecule has 0 unspecified atom stereocenters. The highest BCUT2D eigenvalue weighted by Crippen LogP contribution is 2.37. The van der Waals surface area contributed by atoms with Gasteiger partial charge >= 0.3 is 6.18 Å². The molecule has 46 heavy (non-hydrogen) atoms. The van der Waals surface area contributed by atoms with E-state index in [0.29, 0.717) is 41.2 Å². The number of ether oxygens (including phenoxy) is 3. The van der Waals surface area contributed by atoms with Crippen molar-refractivity contribution >= 4 is 47.3 Å². The van der Waals surface area contributed by atoms with E-state index in [1.54, 1.807) is 31.2 Å². The van der Waals surface area contributed by atoms with E-state index in [9.17, 15) is 18.0 Å². The second kappa shape index (κ2) is 15.6. The minimum Gasteiger partial charge on any atom is -0.493 e. The van der Waals surface area contributed by atoms with Crippen LogP contribution in [0.3, 0.4) is 0 Å². The molecule has 0 spiro atoms. The Bertz CT molecular complexity index is 1670. The van der Waals surface area contributed by atoms with Crippen LogP contribution < -0.4 is 19.5 Å². The molecular formula is C32H36Cl2F3N5O4. The summed E-state index contributed by atoms with van der Waals surface area (Å²) in [5.41, 5.74) is 0.952. The number of fused-ring (bicyclic) bond motifs is 1. The summed E-state index contributed by atoms with van der Waals surface area (Å²) < 4.78 is 59.1. The fourth-order valence-corrected chi connectivity index (χ4v) is 5.16.